The Morgan fingerprint density at radius 1 is 1.56 bits per heavy atom. The fraction of sp³-hybridized carbons (Fsp3) is 0.750. The number of hydrogen-bond acceptors (Lipinski definition) is 4. The van der Waals surface area contributed by atoms with Gasteiger partial charge in [-0.05, 0) is 19.8 Å². The molecular formula is C12H20N2OS. The van der Waals surface area contributed by atoms with Crippen molar-refractivity contribution in [3.63, 3.8) is 0 Å². The van der Waals surface area contributed by atoms with E-state index in [4.69, 9.17) is 4.74 Å². The molecule has 4 heteroatoms. The molecule has 1 saturated heterocycles. The van der Waals surface area contributed by atoms with Crippen molar-refractivity contribution in [1.82, 2.24) is 10.3 Å². The SMILES string of the molecule is Cc1nc(C2CCCO2)sc1CNC(C)C. The molecule has 0 aliphatic carbocycles. The Kier molecular flexibility index (Phi) is 3.95. The average Bonchev–Trinajstić information content (AvgIpc) is 2.83. The van der Waals surface area contributed by atoms with E-state index in [2.05, 4.69) is 31.1 Å². The van der Waals surface area contributed by atoms with Gasteiger partial charge in [0.2, 0.25) is 0 Å². The van der Waals surface area contributed by atoms with Gasteiger partial charge in [-0.15, -0.1) is 11.3 Å². The van der Waals surface area contributed by atoms with Crippen LogP contribution in [0.25, 0.3) is 0 Å². The third-order valence-corrected chi connectivity index (χ3v) is 4.03. The van der Waals surface area contributed by atoms with Crippen molar-refractivity contribution in [3.05, 3.63) is 15.6 Å². The standard InChI is InChI=1S/C12H20N2OS/c1-8(2)13-7-11-9(3)14-12(16-11)10-5-4-6-15-10/h8,10,13H,4-7H2,1-3H3. The van der Waals surface area contributed by atoms with E-state index in [-0.39, 0.29) is 6.10 Å². The molecule has 1 aliphatic rings. The van der Waals surface area contributed by atoms with E-state index in [1.54, 1.807) is 11.3 Å². The molecular weight excluding hydrogens is 220 g/mol. The Bertz CT molecular complexity index is 343. The van der Waals surface area contributed by atoms with Crippen molar-refractivity contribution in [2.24, 2.45) is 0 Å². The van der Waals surface area contributed by atoms with Crippen LogP contribution in [0.1, 0.15) is 48.4 Å². The van der Waals surface area contributed by atoms with Crippen molar-refractivity contribution >= 4 is 11.3 Å². The van der Waals surface area contributed by atoms with Gasteiger partial charge < -0.3 is 10.1 Å². The first kappa shape index (κ1) is 12.0. The summed E-state index contributed by atoms with van der Waals surface area (Å²) >= 11 is 1.80. The van der Waals surface area contributed by atoms with Crippen molar-refractivity contribution in [3.8, 4) is 0 Å². The van der Waals surface area contributed by atoms with Crippen molar-refractivity contribution in [2.75, 3.05) is 6.61 Å². The molecule has 1 N–H and O–H groups in total. The minimum Gasteiger partial charge on any atom is -0.371 e. The first-order valence-electron chi connectivity index (χ1n) is 5.98. The maximum Gasteiger partial charge on any atom is 0.122 e. The van der Waals surface area contributed by atoms with Crippen LogP contribution in [-0.4, -0.2) is 17.6 Å². The first-order valence-corrected chi connectivity index (χ1v) is 6.79. The number of thiazole rings is 1. The first-order chi connectivity index (χ1) is 7.66. The lowest BCUT2D eigenvalue weighted by Gasteiger charge is -2.06. The summed E-state index contributed by atoms with van der Waals surface area (Å²) in [5.41, 5.74) is 1.16. The summed E-state index contributed by atoms with van der Waals surface area (Å²) in [6.07, 6.45) is 2.56. The van der Waals surface area contributed by atoms with Crippen LogP contribution in [0.4, 0.5) is 0 Å². The van der Waals surface area contributed by atoms with Gasteiger partial charge in [-0.3, -0.25) is 0 Å². The van der Waals surface area contributed by atoms with Crippen LogP contribution in [0.5, 0.6) is 0 Å². The Balaban J connectivity index is 2.02. The third-order valence-electron chi connectivity index (χ3n) is 2.79. The number of aryl methyl sites for hydroxylation is 1. The summed E-state index contributed by atoms with van der Waals surface area (Å²) in [6.45, 7) is 8.23. The van der Waals surface area contributed by atoms with E-state index in [1.165, 1.54) is 11.3 Å². The molecule has 0 aromatic carbocycles. The Morgan fingerprint density at radius 3 is 3.00 bits per heavy atom. The van der Waals surface area contributed by atoms with Crippen molar-refractivity contribution in [2.45, 2.75) is 52.3 Å². The summed E-state index contributed by atoms with van der Waals surface area (Å²) in [7, 11) is 0. The smallest absolute Gasteiger partial charge is 0.122 e. The maximum absolute atomic E-state index is 5.66. The van der Waals surface area contributed by atoms with Gasteiger partial charge in [0.15, 0.2) is 0 Å². The van der Waals surface area contributed by atoms with Gasteiger partial charge in [0.05, 0.1) is 5.69 Å². The van der Waals surface area contributed by atoms with E-state index in [9.17, 15) is 0 Å². The largest absolute Gasteiger partial charge is 0.371 e. The van der Waals surface area contributed by atoms with Gasteiger partial charge >= 0.3 is 0 Å². The van der Waals surface area contributed by atoms with Gasteiger partial charge in [0, 0.05) is 24.1 Å². The van der Waals surface area contributed by atoms with Gasteiger partial charge in [0.25, 0.3) is 0 Å². The summed E-state index contributed by atoms with van der Waals surface area (Å²) in [4.78, 5) is 5.97. The van der Waals surface area contributed by atoms with Gasteiger partial charge in [-0.1, -0.05) is 13.8 Å². The molecule has 16 heavy (non-hydrogen) atoms. The zero-order valence-electron chi connectivity index (χ0n) is 10.2. The number of ether oxygens (including phenoxy) is 1. The fourth-order valence-corrected chi connectivity index (χ4v) is 2.92. The molecule has 0 radical (unpaired) electrons. The lowest BCUT2D eigenvalue weighted by molar-refractivity contribution is 0.111. The molecule has 1 atom stereocenters. The molecule has 3 nitrogen and oxygen atoms in total. The van der Waals surface area contributed by atoms with E-state index in [0.29, 0.717) is 6.04 Å². The topological polar surface area (TPSA) is 34.1 Å². The predicted molar refractivity (Wildman–Crippen MR) is 66.8 cm³/mol. The van der Waals surface area contributed by atoms with Crippen LogP contribution in [0, 0.1) is 6.92 Å². The van der Waals surface area contributed by atoms with Crippen LogP contribution in [0.15, 0.2) is 0 Å². The lowest BCUT2D eigenvalue weighted by Crippen LogP contribution is -2.21. The zero-order chi connectivity index (χ0) is 11.5. The third kappa shape index (κ3) is 2.81. The Hall–Kier alpha value is -0.450. The second-order valence-electron chi connectivity index (χ2n) is 4.60. The molecule has 0 saturated carbocycles. The highest BCUT2D eigenvalue weighted by molar-refractivity contribution is 7.11. The van der Waals surface area contributed by atoms with E-state index < -0.39 is 0 Å². The maximum atomic E-state index is 5.66. The molecule has 0 amide bonds. The summed E-state index contributed by atoms with van der Waals surface area (Å²) in [5.74, 6) is 0. The van der Waals surface area contributed by atoms with Crippen LogP contribution in [-0.2, 0) is 11.3 Å². The van der Waals surface area contributed by atoms with Crippen LogP contribution < -0.4 is 5.32 Å². The lowest BCUT2D eigenvalue weighted by atomic mass is 10.2. The summed E-state index contributed by atoms with van der Waals surface area (Å²) in [6, 6.07) is 0.521. The molecule has 2 rings (SSSR count). The van der Waals surface area contributed by atoms with Gasteiger partial charge in [-0.2, -0.15) is 0 Å². The molecule has 2 heterocycles. The van der Waals surface area contributed by atoms with Crippen LogP contribution >= 0.6 is 11.3 Å². The summed E-state index contributed by atoms with van der Waals surface area (Å²) < 4.78 is 5.66. The summed E-state index contributed by atoms with van der Waals surface area (Å²) in [5, 5.41) is 4.60. The molecule has 0 bridgehead atoms. The minimum atomic E-state index is 0.261. The second kappa shape index (κ2) is 5.25. The minimum absolute atomic E-state index is 0.261. The number of nitrogens with one attached hydrogen (secondary N) is 1. The van der Waals surface area contributed by atoms with E-state index in [0.717, 1.165) is 30.3 Å². The predicted octanol–water partition coefficient (Wildman–Crippen LogP) is 2.80. The van der Waals surface area contributed by atoms with Crippen LogP contribution in [0.3, 0.4) is 0 Å². The van der Waals surface area contributed by atoms with E-state index in [1.807, 2.05) is 0 Å². The highest BCUT2D eigenvalue weighted by Crippen LogP contribution is 2.32. The molecule has 0 spiro atoms. The van der Waals surface area contributed by atoms with Crippen LogP contribution in [0.2, 0.25) is 0 Å². The zero-order valence-corrected chi connectivity index (χ0v) is 11.1. The number of hydrogen-bond donors (Lipinski definition) is 1. The molecule has 1 aromatic heterocycles. The number of rotatable bonds is 4. The second-order valence-corrected chi connectivity index (χ2v) is 5.71. The monoisotopic (exact) mass is 240 g/mol. The molecule has 1 unspecified atom stereocenters. The Morgan fingerprint density at radius 2 is 2.38 bits per heavy atom. The van der Waals surface area contributed by atoms with E-state index >= 15 is 0 Å². The number of nitrogens with zero attached hydrogens (tertiary/aromatic N) is 1. The molecule has 90 valence electrons. The van der Waals surface area contributed by atoms with Gasteiger partial charge in [0.1, 0.15) is 11.1 Å². The van der Waals surface area contributed by atoms with Crippen molar-refractivity contribution in [1.29, 1.82) is 0 Å². The molecule has 1 fully saturated rings. The molecule has 1 aromatic rings. The fourth-order valence-electron chi connectivity index (χ4n) is 1.82. The highest BCUT2D eigenvalue weighted by Gasteiger charge is 2.22. The number of aromatic nitrogens is 1. The average molecular weight is 240 g/mol. The Labute approximate surface area is 101 Å². The highest BCUT2D eigenvalue weighted by atomic mass is 32.1. The van der Waals surface area contributed by atoms with Gasteiger partial charge in [-0.25, -0.2) is 4.98 Å². The molecule has 1 aliphatic heterocycles. The van der Waals surface area contributed by atoms with Crippen molar-refractivity contribution < 1.29 is 4.74 Å². The normalized spacial score (nSPS) is 20.9. The quantitative estimate of drug-likeness (QED) is 0.878.